The van der Waals surface area contributed by atoms with E-state index in [-0.39, 0.29) is 6.61 Å². The van der Waals surface area contributed by atoms with E-state index in [4.69, 9.17) is 13.9 Å². The zero-order valence-corrected chi connectivity index (χ0v) is 16.2. The molecule has 2 amide bonds. The van der Waals surface area contributed by atoms with Crippen molar-refractivity contribution in [2.45, 2.75) is 39.0 Å². The lowest BCUT2D eigenvalue weighted by molar-refractivity contribution is -0.124. The summed E-state index contributed by atoms with van der Waals surface area (Å²) < 4.78 is 15.9. The Bertz CT molecular complexity index is 767. The smallest absolute Gasteiger partial charge is 0.408 e. The Morgan fingerprint density at radius 2 is 1.93 bits per heavy atom. The minimum atomic E-state index is -0.979. The molecule has 150 valence electrons. The minimum absolute atomic E-state index is 0.0454. The molecule has 1 aromatic carbocycles. The minimum Gasteiger partial charge on any atom is -0.463 e. The Hall–Kier alpha value is -3.13. The number of hydrogen-bond donors (Lipinski definition) is 2. The van der Waals surface area contributed by atoms with Crippen LogP contribution in [0.4, 0.5) is 4.79 Å². The molecule has 8 heteroatoms. The fraction of sp³-hybridized carbons (Fsp3) is 0.350. The average molecular weight is 387 g/mol. The number of amides is 2. The van der Waals surface area contributed by atoms with Crippen LogP contribution in [-0.2, 0) is 20.9 Å². The van der Waals surface area contributed by atoms with Crippen molar-refractivity contribution in [2.75, 3.05) is 6.61 Å². The molecule has 2 rings (SSSR count). The van der Waals surface area contributed by atoms with Crippen molar-refractivity contribution in [1.29, 1.82) is 0 Å². The molecule has 0 saturated carbocycles. The van der Waals surface area contributed by atoms with E-state index in [1.165, 1.54) is 12.5 Å². The number of ether oxygens (including phenoxy) is 2. The van der Waals surface area contributed by atoms with Gasteiger partial charge in [-0.05, 0) is 38.5 Å². The van der Waals surface area contributed by atoms with Crippen molar-refractivity contribution < 1.29 is 23.5 Å². The number of furan rings is 1. The van der Waals surface area contributed by atoms with E-state index < -0.39 is 23.6 Å². The van der Waals surface area contributed by atoms with Crippen LogP contribution in [0.1, 0.15) is 32.1 Å². The average Bonchev–Trinajstić information content (AvgIpc) is 3.13. The number of hydrogen-bond acceptors (Lipinski definition) is 6. The zero-order chi connectivity index (χ0) is 20.4. The Labute approximate surface area is 163 Å². The van der Waals surface area contributed by atoms with E-state index in [2.05, 4.69) is 15.8 Å². The fourth-order valence-electron chi connectivity index (χ4n) is 2.10. The van der Waals surface area contributed by atoms with Crippen molar-refractivity contribution in [3.8, 4) is 0 Å². The number of alkyl carbamates (subject to hydrolysis) is 1. The van der Waals surface area contributed by atoms with Gasteiger partial charge in [-0.15, -0.1) is 0 Å². The Morgan fingerprint density at radius 1 is 1.18 bits per heavy atom. The predicted molar refractivity (Wildman–Crippen MR) is 104 cm³/mol. The fourth-order valence-corrected chi connectivity index (χ4v) is 2.10. The summed E-state index contributed by atoms with van der Waals surface area (Å²) in [6.07, 6.45) is 2.13. The van der Waals surface area contributed by atoms with Gasteiger partial charge in [-0.1, -0.05) is 30.3 Å². The number of carbonyl (C=O) groups excluding carboxylic acids is 2. The number of carbonyl (C=O) groups is 2. The Balaban J connectivity index is 1.93. The first-order valence-corrected chi connectivity index (χ1v) is 8.81. The van der Waals surface area contributed by atoms with E-state index in [9.17, 15) is 9.59 Å². The van der Waals surface area contributed by atoms with Gasteiger partial charge in [-0.2, -0.15) is 5.10 Å². The number of benzene rings is 1. The number of nitrogens with one attached hydrogen (secondary N) is 2. The molecule has 0 fully saturated rings. The SMILES string of the molecule is CC(C)(C)OC(=O)N[C@@H](COCc1ccccc1)C(=O)N/N=C\c1ccco1. The highest BCUT2D eigenvalue weighted by Crippen LogP contribution is 2.07. The van der Waals surface area contributed by atoms with Gasteiger partial charge in [-0.3, -0.25) is 4.79 Å². The third kappa shape index (κ3) is 8.05. The van der Waals surface area contributed by atoms with Crippen molar-refractivity contribution in [1.82, 2.24) is 10.7 Å². The maximum atomic E-state index is 12.4. The van der Waals surface area contributed by atoms with Crippen molar-refractivity contribution >= 4 is 18.2 Å². The molecule has 0 bridgehead atoms. The van der Waals surface area contributed by atoms with E-state index in [1.807, 2.05) is 30.3 Å². The molecule has 0 unspecified atom stereocenters. The van der Waals surface area contributed by atoms with Gasteiger partial charge in [-0.25, -0.2) is 10.2 Å². The molecule has 2 aromatic rings. The summed E-state index contributed by atoms with van der Waals surface area (Å²) in [5.41, 5.74) is 2.62. The molecule has 8 nitrogen and oxygen atoms in total. The Morgan fingerprint density at radius 3 is 2.57 bits per heavy atom. The number of nitrogens with zero attached hydrogens (tertiary/aromatic N) is 1. The summed E-state index contributed by atoms with van der Waals surface area (Å²) in [6.45, 7) is 5.47. The van der Waals surface area contributed by atoms with Crippen LogP contribution < -0.4 is 10.7 Å². The second-order valence-corrected chi connectivity index (χ2v) is 6.95. The summed E-state index contributed by atoms with van der Waals surface area (Å²) in [7, 11) is 0. The standard InChI is InChI=1S/C20H25N3O5/c1-20(2,3)28-19(25)22-17(14-26-13-15-8-5-4-6-9-15)18(24)23-21-12-16-10-7-11-27-16/h4-12,17H,13-14H2,1-3H3,(H,22,25)(H,23,24)/b21-12-/t17-/m0/s1. The van der Waals surface area contributed by atoms with Crippen LogP contribution in [0.2, 0.25) is 0 Å². The van der Waals surface area contributed by atoms with Crippen LogP contribution in [0.25, 0.3) is 0 Å². The Kier molecular flexibility index (Phi) is 7.76. The summed E-state index contributed by atoms with van der Waals surface area (Å²) >= 11 is 0. The highest BCUT2D eigenvalue weighted by Gasteiger charge is 2.24. The lowest BCUT2D eigenvalue weighted by Gasteiger charge is -2.22. The number of rotatable bonds is 8. The van der Waals surface area contributed by atoms with E-state index in [1.54, 1.807) is 32.9 Å². The molecule has 0 saturated heterocycles. The van der Waals surface area contributed by atoms with Crippen LogP contribution in [-0.4, -0.2) is 36.5 Å². The van der Waals surface area contributed by atoms with E-state index in [0.29, 0.717) is 12.4 Å². The van der Waals surface area contributed by atoms with Crippen LogP contribution in [0.15, 0.2) is 58.2 Å². The van der Waals surface area contributed by atoms with Gasteiger partial charge in [0.15, 0.2) is 0 Å². The normalized spacial score (nSPS) is 12.5. The molecule has 0 aliphatic carbocycles. The molecular formula is C20H25N3O5. The van der Waals surface area contributed by atoms with Crippen LogP contribution in [0.3, 0.4) is 0 Å². The summed E-state index contributed by atoms with van der Waals surface area (Å²) in [6, 6.07) is 11.9. The molecule has 0 spiro atoms. The van der Waals surface area contributed by atoms with Gasteiger partial charge in [0.2, 0.25) is 0 Å². The first-order chi connectivity index (χ1) is 13.3. The lowest BCUT2D eigenvalue weighted by Crippen LogP contribution is -2.49. The molecule has 2 N–H and O–H groups in total. The zero-order valence-electron chi connectivity index (χ0n) is 16.2. The van der Waals surface area contributed by atoms with Crippen LogP contribution in [0.5, 0.6) is 0 Å². The van der Waals surface area contributed by atoms with Gasteiger partial charge < -0.3 is 19.2 Å². The third-order valence-corrected chi connectivity index (χ3v) is 3.31. The summed E-state index contributed by atoms with van der Waals surface area (Å²) in [4.78, 5) is 24.5. The molecular weight excluding hydrogens is 362 g/mol. The quantitative estimate of drug-likeness (QED) is 0.536. The number of hydrazone groups is 1. The predicted octanol–water partition coefficient (Wildman–Crippen LogP) is 2.84. The third-order valence-electron chi connectivity index (χ3n) is 3.31. The summed E-state index contributed by atoms with van der Waals surface area (Å²) in [5, 5.41) is 6.32. The monoisotopic (exact) mass is 387 g/mol. The molecule has 28 heavy (non-hydrogen) atoms. The van der Waals surface area contributed by atoms with Gasteiger partial charge in [0.05, 0.1) is 25.7 Å². The highest BCUT2D eigenvalue weighted by molar-refractivity contribution is 5.87. The molecule has 0 aliphatic heterocycles. The largest absolute Gasteiger partial charge is 0.463 e. The van der Waals surface area contributed by atoms with Crippen LogP contribution >= 0.6 is 0 Å². The first kappa shape index (κ1) is 21.2. The van der Waals surface area contributed by atoms with Gasteiger partial charge in [0.25, 0.3) is 5.91 Å². The van der Waals surface area contributed by atoms with E-state index in [0.717, 1.165) is 5.56 Å². The maximum Gasteiger partial charge on any atom is 0.408 e. The van der Waals surface area contributed by atoms with Crippen molar-refractivity contribution in [3.05, 3.63) is 60.1 Å². The molecule has 1 atom stereocenters. The molecule has 0 radical (unpaired) electrons. The summed E-state index contributed by atoms with van der Waals surface area (Å²) in [5.74, 6) is -0.0565. The van der Waals surface area contributed by atoms with Gasteiger partial charge >= 0.3 is 6.09 Å². The lowest BCUT2D eigenvalue weighted by atomic mass is 10.2. The van der Waals surface area contributed by atoms with Crippen LogP contribution in [0, 0.1) is 0 Å². The van der Waals surface area contributed by atoms with Crippen molar-refractivity contribution in [2.24, 2.45) is 5.10 Å². The second-order valence-electron chi connectivity index (χ2n) is 6.95. The highest BCUT2D eigenvalue weighted by atomic mass is 16.6. The van der Waals surface area contributed by atoms with E-state index >= 15 is 0 Å². The van der Waals surface area contributed by atoms with Crippen molar-refractivity contribution in [3.63, 3.8) is 0 Å². The topological polar surface area (TPSA) is 102 Å². The van der Waals surface area contributed by atoms with Gasteiger partial charge in [0.1, 0.15) is 17.4 Å². The maximum absolute atomic E-state index is 12.4. The molecule has 1 heterocycles. The molecule has 0 aliphatic rings. The first-order valence-electron chi connectivity index (χ1n) is 8.81. The molecule has 1 aromatic heterocycles. The second kappa shape index (κ2) is 10.3. The van der Waals surface area contributed by atoms with Gasteiger partial charge in [0, 0.05) is 0 Å².